The number of nitrogens with two attached hydrogens (primary N) is 1. The van der Waals surface area contributed by atoms with E-state index in [1.54, 1.807) is 12.3 Å². The van der Waals surface area contributed by atoms with E-state index in [9.17, 15) is 0 Å². The van der Waals surface area contributed by atoms with E-state index >= 15 is 0 Å². The van der Waals surface area contributed by atoms with Crippen molar-refractivity contribution in [2.45, 2.75) is 13.8 Å². The number of aromatic nitrogens is 2. The van der Waals surface area contributed by atoms with E-state index in [1.165, 1.54) is 6.33 Å². The summed E-state index contributed by atoms with van der Waals surface area (Å²) in [4.78, 5) is 7.71. The van der Waals surface area contributed by atoms with E-state index in [1.807, 2.05) is 13.8 Å². The predicted molar refractivity (Wildman–Crippen MR) is 50.9 cm³/mol. The van der Waals surface area contributed by atoms with Gasteiger partial charge in [0.1, 0.15) is 12.1 Å². The van der Waals surface area contributed by atoms with Gasteiger partial charge in [0.2, 0.25) is 0 Å². The van der Waals surface area contributed by atoms with E-state index < -0.39 is 0 Å². The third-order valence-electron chi connectivity index (χ3n) is 1.03. The van der Waals surface area contributed by atoms with Gasteiger partial charge in [-0.15, -0.1) is 0 Å². The number of nitrogens with one attached hydrogen (secondary N) is 1. The zero-order chi connectivity index (χ0) is 9.23. The van der Waals surface area contributed by atoms with Gasteiger partial charge in [0.25, 0.3) is 0 Å². The van der Waals surface area contributed by atoms with Crippen molar-refractivity contribution in [1.82, 2.24) is 9.97 Å². The summed E-state index contributed by atoms with van der Waals surface area (Å²) in [7, 11) is 0. The summed E-state index contributed by atoms with van der Waals surface area (Å²) >= 11 is 0. The molecule has 1 aromatic heterocycles. The normalized spacial score (nSPS) is 8.25. The monoisotopic (exact) mass is 168 g/mol. The van der Waals surface area contributed by atoms with Crippen LogP contribution in [0.2, 0.25) is 0 Å². The minimum atomic E-state index is 0.615. The van der Waals surface area contributed by atoms with Gasteiger partial charge in [-0.25, -0.2) is 9.97 Å². The first kappa shape index (κ1) is 10.8. The van der Waals surface area contributed by atoms with Crippen LogP contribution >= 0.6 is 0 Å². The zero-order valence-corrected chi connectivity index (χ0v) is 7.62. The lowest BCUT2D eigenvalue weighted by atomic mass is 10.5. The van der Waals surface area contributed by atoms with Crippen molar-refractivity contribution in [2.75, 3.05) is 18.4 Å². The van der Waals surface area contributed by atoms with Gasteiger partial charge in [0, 0.05) is 19.3 Å². The fourth-order valence-corrected chi connectivity index (χ4v) is 0.596. The van der Waals surface area contributed by atoms with Crippen LogP contribution in [0.1, 0.15) is 13.8 Å². The summed E-state index contributed by atoms with van der Waals surface area (Å²) in [5, 5.41) is 3.02. The van der Waals surface area contributed by atoms with Crippen LogP contribution in [0.5, 0.6) is 0 Å². The first-order chi connectivity index (χ1) is 5.93. The fourth-order valence-electron chi connectivity index (χ4n) is 0.596. The summed E-state index contributed by atoms with van der Waals surface area (Å²) in [5.74, 6) is 0.820. The van der Waals surface area contributed by atoms with E-state index in [4.69, 9.17) is 5.73 Å². The Morgan fingerprint density at radius 1 is 1.50 bits per heavy atom. The highest BCUT2D eigenvalue weighted by Gasteiger charge is 1.86. The van der Waals surface area contributed by atoms with Gasteiger partial charge in [-0.3, -0.25) is 0 Å². The third-order valence-corrected chi connectivity index (χ3v) is 1.03. The van der Waals surface area contributed by atoms with E-state index in [0.717, 1.165) is 12.4 Å². The highest BCUT2D eigenvalue weighted by molar-refractivity contribution is 5.31. The first-order valence-electron chi connectivity index (χ1n) is 4.13. The smallest absolute Gasteiger partial charge is 0.129 e. The Bertz CT molecular complexity index is 176. The van der Waals surface area contributed by atoms with Crippen LogP contribution in [0, 0.1) is 0 Å². The highest BCUT2D eigenvalue weighted by Crippen LogP contribution is 1.95. The molecule has 0 aliphatic heterocycles. The molecule has 0 aliphatic carbocycles. The largest absolute Gasteiger partial charge is 0.369 e. The maximum absolute atomic E-state index is 5.27. The van der Waals surface area contributed by atoms with Crippen LogP contribution in [0.4, 0.5) is 5.82 Å². The second-order valence-electron chi connectivity index (χ2n) is 1.81. The van der Waals surface area contributed by atoms with E-state index in [2.05, 4.69) is 15.3 Å². The minimum Gasteiger partial charge on any atom is -0.369 e. The Hall–Kier alpha value is -1.16. The summed E-state index contributed by atoms with van der Waals surface area (Å²) in [6.45, 7) is 5.36. The molecule has 12 heavy (non-hydrogen) atoms. The van der Waals surface area contributed by atoms with E-state index in [0.29, 0.717) is 6.54 Å². The Kier molecular flexibility index (Phi) is 7.17. The molecule has 4 heteroatoms. The van der Waals surface area contributed by atoms with Crippen LogP contribution in [0.15, 0.2) is 18.6 Å². The van der Waals surface area contributed by atoms with E-state index in [-0.39, 0.29) is 0 Å². The molecule has 0 aliphatic rings. The van der Waals surface area contributed by atoms with Gasteiger partial charge in [-0.1, -0.05) is 13.8 Å². The number of rotatable bonds is 3. The quantitative estimate of drug-likeness (QED) is 0.703. The third kappa shape index (κ3) is 4.62. The second kappa shape index (κ2) is 7.94. The average molecular weight is 168 g/mol. The predicted octanol–water partition coefficient (Wildman–Crippen LogP) is 0.873. The summed E-state index contributed by atoms with van der Waals surface area (Å²) in [6, 6.07) is 1.80. The topological polar surface area (TPSA) is 63.8 Å². The molecule has 0 radical (unpaired) electrons. The fraction of sp³-hybridized carbons (Fsp3) is 0.500. The Morgan fingerprint density at radius 2 is 2.25 bits per heavy atom. The molecule has 4 nitrogen and oxygen atoms in total. The molecule has 0 unspecified atom stereocenters. The zero-order valence-electron chi connectivity index (χ0n) is 7.62. The molecule has 0 atom stereocenters. The molecule has 1 heterocycles. The molecule has 0 saturated heterocycles. The lowest BCUT2D eigenvalue weighted by Crippen LogP contribution is -2.13. The Morgan fingerprint density at radius 3 is 2.75 bits per heavy atom. The van der Waals surface area contributed by atoms with Crippen LogP contribution in [0.25, 0.3) is 0 Å². The molecule has 1 aromatic rings. The van der Waals surface area contributed by atoms with Gasteiger partial charge in [-0.05, 0) is 6.07 Å². The van der Waals surface area contributed by atoms with Gasteiger partial charge in [-0.2, -0.15) is 0 Å². The maximum Gasteiger partial charge on any atom is 0.129 e. The summed E-state index contributed by atoms with van der Waals surface area (Å²) in [6.07, 6.45) is 3.19. The van der Waals surface area contributed by atoms with Crippen LogP contribution < -0.4 is 11.1 Å². The Balaban J connectivity index is 0.000000561. The Labute approximate surface area is 73.2 Å². The lowest BCUT2D eigenvalue weighted by Gasteiger charge is -2.00. The summed E-state index contributed by atoms with van der Waals surface area (Å²) < 4.78 is 0. The number of hydrogen-bond acceptors (Lipinski definition) is 4. The minimum absolute atomic E-state index is 0.615. The molecular formula is C8H16N4. The van der Waals surface area contributed by atoms with Gasteiger partial charge < -0.3 is 11.1 Å². The molecule has 3 N–H and O–H groups in total. The van der Waals surface area contributed by atoms with Crippen molar-refractivity contribution in [3.8, 4) is 0 Å². The molecule has 0 saturated carbocycles. The van der Waals surface area contributed by atoms with Crippen molar-refractivity contribution in [3.63, 3.8) is 0 Å². The molecule has 1 rings (SSSR count). The second-order valence-corrected chi connectivity index (χ2v) is 1.81. The average Bonchev–Trinajstić information content (AvgIpc) is 2.19. The van der Waals surface area contributed by atoms with Gasteiger partial charge in [0.05, 0.1) is 0 Å². The number of nitrogens with zero attached hydrogens (tertiary/aromatic N) is 2. The lowest BCUT2D eigenvalue weighted by molar-refractivity contribution is 1.00. The molecule has 0 fully saturated rings. The van der Waals surface area contributed by atoms with Crippen molar-refractivity contribution in [1.29, 1.82) is 0 Å². The van der Waals surface area contributed by atoms with Crippen LogP contribution in [-0.2, 0) is 0 Å². The van der Waals surface area contributed by atoms with Crippen LogP contribution in [-0.4, -0.2) is 23.1 Å². The SMILES string of the molecule is CC.NCCNc1ccncn1. The molecule has 68 valence electrons. The molecule has 0 spiro atoms. The standard InChI is InChI=1S/C6H10N4.C2H6/c7-2-4-9-6-1-3-8-5-10-6;1-2/h1,3,5H,2,4,7H2,(H,8,9,10);1-2H3. The maximum atomic E-state index is 5.27. The molecule has 0 bridgehead atoms. The number of anilines is 1. The number of hydrogen-bond donors (Lipinski definition) is 2. The molecule has 0 aromatic carbocycles. The van der Waals surface area contributed by atoms with Gasteiger partial charge >= 0.3 is 0 Å². The van der Waals surface area contributed by atoms with Crippen molar-refractivity contribution in [3.05, 3.63) is 18.6 Å². The van der Waals surface area contributed by atoms with Crippen molar-refractivity contribution < 1.29 is 0 Å². The van der Waals surface area contributed by atoms with Crippen molar-refractivity contribution in [2.24, 2.45) is 5.73 Å². The molecular weight excluding hydrogens is 152 g/mol. The van der Waals surface area contributed by atoms with Crippen LogP contribution in [0.3, 0.4) is 0 Å². The summed E-state index contributed by atoms with van der Waals surface area (Å²) in [5.41, 5.74) is 5.27. The highest BCUT2D eigenvalue weighted by atomic mass is 15.0. The van der Waals surface area contributed by atoms with Gasteiger partial charge in [0.15, 0.2) is 0 Å². The van der Waals surface area contributed by atoms with Crippen molar-refractivity contribution >= 4 is 5.82 Å². The molecule has 0 amide bonds. The first-order valence-corrected chi connectivity index (χ1v) is 4.13.